The number of hydrogen-bond acceptors (Lipinski definition) is 4. The van der Waals surface area contributed by atoms with Gasteiger partial charge in [-0.15, -0.1) is 11.3 Å². The minimum atomic E-state index is -3.88. The minimum absolute atomic E-state index is 0.0212. The molecule has 29 heavy (non-hydrogen) atoms. The van der Waals surface area contributed by atoms with Crippen molar-refractivity contribution in [3.8, 4) is 0 Å². The van der Waals surface area contributed by atoms with E-state index in [4.69, 9.17) is 23.2 Å². The summed E-state index contributed by atoms with van der Waals surface area (Å²) in [6, 6.07) is 14.2. The third kappa shape index (κ3) is 4.93. The maximum Gasteiger partial charge on any atom is 0.261 e. The Balaban J connectivity index is 1.81. The molecule has 1 unspecified atom stereocenters. The molecular weight excluding hydrogens is 451 g/mol. The first-order chi connectivity index (χ1) is 13.7. The van der Waals surface area contributed by atoms with Gasteiger partial charge in [-0.3, -0.25) is 9.52 Å². The number of nitrogens with zero attached hydrogens (tertiary/aromatic N) is 1. The van der Waals surface area contributed by atoms with Gasteiger partial charge in [-0.05, 0) is 54.8 Å². The van der Waals surface area contributed by atoms with Crippen LogP contribution in [0.2, 0.25) is 10.0 Å². The lowest BCUT2D eigenvalue weighted by Crippen LogP contribution is -2.29. The van der Waals surface area contributed by atoms with Crippen LogP contribution in [0.3, 0.4) is 0 Å². The number of thiophene rings is 1. The molecule has 1 atom stereocenters. The highest BCUT2D eigenvalue weighted by atomic mass is 35.5. The number of nitrogens with one attached hydrogen (secondary N) is 1. The van der Waals surface area contributed by atoms with E-state index in [0.29, 0.717) is 5.56 Å². The summed E-state index contributed by atoms with van der Waals surface area (Å²) in [5.41, 5.74) is 0.657. The molecule has 0 aliphatic heterocycles. The third-order valence-electron chi connectivity index (χ3n) is 4.42. The summed E-state index contributed by atoms with van der Waals surface area (Å²) in [5.74, 6) is -0.207. The Bertz CT molecular complexity index is 1130. The molecule has 152 valence electrons. The summed E-state index contributed by atoms with van der Waals surface area (Å²) < 4.78 is 27.7. The Morgan fingerprint density at radius 3 is 2.48 bits per heavy atom. The van der Waals surface area contributed by atoms with Crippen molar-refractivity contribution in [3.05, 3.63) is 80.5 Å². The van der Waals surface area contributed by atoms with Gasteiger partial charge in [-0.2, -0.15) is 0 Å². The van der Waals surface area contributed by atoms with E-state index in [1.165, 1.54) is 24.3 Å². The van der Waals surface area contributed by atoms with Crippen molar-refractivity contribution >= 4 is 56.2 Å². The Morgan fingerprint density at radius 2 is 1.83 bits per heavy atom. The van der Waals surface area contributed by atoms with E-state index in [-0.39, 0.29) is 32.6 Å². The molecule has 1 amide bonds. The van der Waals surface area contributed by atoms with Gasteiger partial charge in [0.25, 0.3) is 15.9 Å². The van der Waals surface area contributed by atoms with E-state index in [1.54, 1.807) is 41.5 Å². The second-order valence-corrected chi connectivity index (χ2v) is 9.85. The lowest BCUT2D eigenvalue weighted by molar-refractivity contribution is 0.0745. The van der Waals surface area contributed by atoms with Crippen molar-refractivity contribution < 1.29 is 13.2 Å². The number of benzene rings is 2. The molecule has 3 aromatic rings. The van der Waals surface area contributed by atoms with E-state index >= 15 is 0 Å². The molecule has 1 aromatic heterocycles. The van der Waals surface area contributed by atoms with E-state index in [0.717, 1.165) is 4.88 Å². The highest BCUT2D eigenvalue weighted by Crippen LogP contribution is 2.27. The fourth-order valence-electron chi connectivity index (χ4n) is 2.67. The van der Waals surface area contributed by atoms with Crippen LogP contribution < -0.4 is 4.72 Å². The number of hydrogen-bond donors (Lipinski definition) is 1. The first-order valence-corrected chi connectivity index (χ1v) is 11.7. The van der Waals surface area contributed by atoms with Crippen molar-refractivity contribution in [2.24, 2.45) is 0 Å². The van der Waals surface area contributed by atoms with Gasteiger partial charge in [0.2, 0.25) is 0 Å². The molecule has 0 aliphatic rings. The van der Waals surface area contributed by atoms with E-state index in [9.17, 15) is 13.2 Å². The first kappa shape index (κ1) is 21.6. The summed E-state index contributed by atoms with van der Waals surface area (Å²) in [5, 5.41) is 2.37. The predicted molar refractivity (Wildman–Crippen MR) is 119 cm³/mol. The molecule has 0 saturated heterocycles. The van der Waals surface area contributed by atoms with Crippen LogP contribution in [-0.4, -0.2) is 26.3 Å². The fourth-order valence-corrected chi connectivity index (χ4v) is 4.94. The molecule has 0 spiro atoms. The Labute approximate surface area is 183 Å². The van der Waals surface area contributed by atoms with Crippen LogP contribution in [0.25, 0.3) is 0 Å². The summed E-state index contributed by atoms with van der Waals surface area (Å²) in [7, 11) is -2.16. The minimum Gasteiger partial charge on any atom is -0.334 e. The van der Waals surface area contributed by atoms with E-state index < -0.39 is 10.0 Å². The normalized spacial score (nSPS) is 12.4. The zero-order valence-electron chi connectivity index (χ0n) is 15.6. The average molecular weight is 469 g/mol. The summed E-state index contributed by atoms with van der Waals surface area (Å²) in [6.07, 6.45) is 0. The van der Waals surface area contributed by atoms with Gasteiger partial charge >= 0.3 is 0 Å². The van der Waals surface area contributed by atoms with Crippen LogP contribution in [0.4, 0.5) is 5.69 Å². The number of anilines is 1. The van der Waals surface area contributed by atoms with Gasteiger partial charge in [0.1, 0.15) is 0 Å². The third-order valence-corrected chi connectivity index (χ3v) is 7.58. The highest BCUT2D eigenvalue weighted by Gasteiger charge is 2.21. The SMILES string of the molecule is CC(c1cccs1)N(C)C(=O)c1cccc(NS(=O)(=O)c2ccc(Cl)c(Cl)c2)c1. The molecule has 2 aromatic carbocycles. The fraction of sp³-hybridized carbons (Fsp3) is 0.150. The van der Waals surface area contributed by atoms with Gasteiger partial charge in [-0.25, -0.2) is 8.42 Å². The lowest BCUT2D eigenvalue weighted by atomic mass is 10.1. The maximum absolute atomic E-state index is 12.9. The zero-order valence-corrected chi connectivity index (χ0v) is 18.7. The van der Waals surface area contributed by atoms with Crippen LogP contribution in [0, 0.1) is 0 Å². The number of sulfonamides is 1. The van der Waals surface area contributed by atoms with Crippen molar-refractivity contribution in [3.63, 3.8) is 0 Å². The number of halogens is 2. The number of amides is 1. The monoisotopic (exact) mass is 468 g/mol. The molecule has 0 saturated carbocycles. The average Bonchev–Trinajstić information content (AvgIpc) is 3.23. The number of rotatable bonds is 6. The number of carbonyl (C=O) groups excluding carboxylic acids is 1. The molecule has 5 nitrogen and oxygen atoms in total. The molecule has 0 fully saturated rings. The van der Waals surface area contributed by atoms with Gasteiger partial charge < -0.3 is 4.90 Å². The largest absolute Gasteiger partial charge is 0.334 e. The van der Waals surface area contributed by atoms with Crippen LogP contribution in [-0.2, 0) is 10.0 Å². The van der Waals surface area contributed by atoms with Crippen molar-refractivity contribution in [1.82, 2.24) is 4.90 Å². The molecule has 9 heteroatoms. The quantitative estimate of drug-likeness (QED) is 0.505. The maximum atomic E-state index is 12.9. The van der Waals surface area contributed by atoms with Crippen molar-refractivity contribution in [1.29, 1.82) is 0 Å². The van der Waals surface area contributed by atoms with Crippen LogP contribution >= 0.6 is 34.5 Å². The first-order valence-electron chi connectivity index (χ1n) is 8.57. The van der Waals surface area contributed by atoms with Gasteiger partial charge in [0, 0.05) is 23.2 Å². The Kier molecular flexibility index (Phi) is 6.53. The molecule has 3 rings (SSSR count). The molecule has 0 aliphatic carbocycles. The molecule has 1 heterocycles. The Hall–Kier alpha value is -2.06. The lowest BCUT2D eigenvalue weighted by Gasteiger charge is -2.24. The van der Waals surface area contributed by atoms with Crippen molar-refractivity contribution in [2.75, 3.05) is 11.8 Å². The Morgan fingerprint density at radius 1 is 1.07 bits per heavy atom. The highest BCUT2D eigenvalue weighted by molar-refractivity contribution is 7.92. The number of carbonyl (C=O) groups is 1. The van der Waals surface area contributed by atoms with Gasteiger partial charge in [0.15, 0.2) is 0 Å². The van der Waals surface area contributed by atoms with E-state index in [2.05, 4.69) is 4.72 Å². The summed E-state index contributed by atoms with van der Waals surface area (Å²) >= 11 is 13.3. The zero-order chi connectivity index (χ0) is 21.2. The standard InChI is InChI=1S/C20H18Cl2N2O3S2/c1-13(19-7-4-10-28-19)24(2)20(25)14-5-3-6-15(11-14)23-29(26,27)16-8-9-17(21)18(22)12-16/h3-13,23H,1-2H3. The summed E-state index contributed by atoms with van der Waals surface area (Å²) in [6.45, 7) is 1.95. The summed E-state index contributed by atoms with van der Waals surface area (Å²) in [4.78, 5) is 15.5. The second-order valence-electron chi connectivity index (χ2n) is 6.37. The van der Waals surface area contributed by atoms with Crippen LogP contribution in [0.1, 0.15) is 28.2 Å². The molecule has 0 bridgehead atoms. The van der Waals surface area contributed by atoms with Crippen molar-refractivity contribution in [2.45, 2.75) is 17.9 Å². The van der Waals surface area contributed by atoms with Crippen LogP contribution in [0.15, 0.2) is 64.9 Å². The van der Waals surface area contributed by atoms with Gasteiger partial charge in [-0.1, -0.05) is 35.3 Å². The van der Waals surface area contributed by atoms with Gasteiger partial charge in [0.05, 0.1) is 21.0 Å². The van der Waals surface area contributed by atoms with Crippen LogP contribution in [0.5, 0.6) is 0 Å². The molecular formula is C20H18Cl2N2O3S2. The molecule has 1 N–H and O–H groups in total. The smallest absolute Gasteiger partial charge is 0.261 e. The van der Waals surface area contributed by atoms with E-state index in [1.807, 2.05) is 24.4 Å². The topological polar surface area (TPSA) is 66.5 Å². The predicted octanol–water partition coefficient (Wildman–Crippen LogP) is 5.69. The molecule has 0 radical (unpaired) electrons. The second kappa shape index (κ2) is 8.75.